The smallest absolute Gasteiger partial charge is 0.411 e. The molecule has 0 aliphatic rings. The third-order valence-electron chi connectivity index (χ3n) is 8.51. The van der Waals surface area contributed by atoms with Crippen molar-refractivity contribution >= 4 is 64.7 Å². The second-order valence-corrected chi connectivity index (χ2v) is 14.4. The summed E-state index contributed by atoms with van der Waals surface area (Å²) in [6, 6.07) is 28.5. The maximum Gasteiger partial charge on any atom is 0.411 e. The highest BCUT2D eigenvalue weighted by atomic mass is 35.5. The first kappa shape index (κ1) is 57.7. The Bertz CT molecular complexity index is 1970. The van der Waals surface area contributed by atoms with Gasteiger partial charge in [-0.25, -0.2) is 24.2 Å². The second-order valence-electron chi connectivity index (χ2n) is 13.2. The third kappa shape index (κ3) is 26.3. The Kier molecular flexibility index (Phi) is 32.8. The molecule has 0 spiro atoms. The molecule has 5 amide bonds. The van der Waals surface area contributed by atoms with Crippen LogP contribution in [0.4, 0.5) is 20.1 Å². The average molecular weight is 965 g/mol. The number of nitrogens with zero attached hydrogens (tertiary/aromatic N) is 3. The zero-order valence-corrected chi connectivity index (χ0v) is 38.6. The van der Waals surface area contributed by atoms with Crippen molar-refractivity contribution in [1.29, 1.82) is 0 Å². The number of hydrogen-bond donors (Lipinski definition) is 9. The van der Waals surface area contributed by atoms with Crippen molar-refractivity contribution in [1.82, 2.24) is 25.8 Å². The van der Waals surface area contributed by atoms with Crippen molar-refractivity contribution in [2.45, 2.75) is 33.0 Å². The van der Waals surface area contributed by atoms with E-state index in [2.05, 4.69) is 33.2 Å². The molecule has 0 radical (unpaired) electrons. The molecule has 0 atom stereocenters. The lowest BCUT2D eigenvalue weighted by atomic mass is 10.1. The van der Waals surface area contributed by atoms with Gasteiger partial charge in [0.1, 0.15) is 6.61 Å². The minimum atomic E-state index is -0.602. The number of aryl methyl sites for hydroxylation is 1. The van der Waals surface area contributed by atoms with E-state index >= 15 is 0 Å². The van der Waals surface area contributed by atoms with Gasteiger partial charge in [-0.3, -0.25) is 5.32 Å². The summed E-state index contributed by atoms with van der Waals surface area (Å²) in [7, 11) is 0. The molecule has 0 saturated carbocycles. The minimum absolute atomic E-state index is 0.00160. The van der Waals surface area contributed by atoms with Crippen molar-refractivity contribution in [2.24, 2.45) is 4.99 Å². The number of carbonyl (C=O) groups excluding carboxylic acids is 4. The molecule has 65 heavy (non-hydrogen) atoms. The van der Waals surface area contributed by atoms with Crippen molar-refractivity contribution < 1.29 is 49.4 Å². The van der Waals surface area contributed by atoms with Gasteiger partial charge in [-0.1, -0.05) is 108 Å². The first-order valence-corrected chi connectivity index (χ1v) is 21.7. The van der Waals surface area contributed by atoms with Crippen LogP contribution in [0.25, 0.3) is 0 Å². The van der Waals surface area contributed by atoms with E-state index in [1.165, 1.54) is 21.4 Å². The Morgan fingerprint density at radius 3 is 1.45 bits per heavy atom. The Balaban J connectivity index is 0.000000495. The van der Waals surface area contributed by atoms with Crippen LogP contribution in [0.1, 0.15) is 29.2 Å². The highest BCUT2D eigenvalue weighted by Crippen LogP contribution is 2.17. The van der Waals surface area contributed by atoms with Crippen LogP contribution in [-0.2, 0) is 35.6 Å². The normalized spacial score (nSPS) is 9.92. The van der Waals surface area contributed by atoms with Crippen LogP contribution in [0.15, 0.2) is 102 Å². The summed E-state index contributed by atoms with van der Waals surface area (Å²) in [6.07, 6.45) is 1.78. The molecule has 0 fully saturated rings. The van der Waals surface area contributed by atoms with E-state index in [4.69, 9.17) is 60.0 Å². The summed E-state index contributed by atoms with van der Waals surface area (Å²) in [4.78, 5) is 51.9. The van der Waals surface area contributed by atoms with E-state index in [9.17, 15) is 24.3 Å². The number of anilines is 1. The number of carbonyl (C=O) groups is 3. The Morgan fingerprint density at radius 1 is 0.615 bits per heavy atom. The number of benzene rings is 4. The molecule has 0 aliphatic heterocycles. The van der Waals surface area contributed by atoms with Crippen molar-refractivity contribution in [2.75, 3.05) is 84.2 Å². The second kappa shape index (κ2) is 37.0. The van der Waals surface area contributed by atoms with E-state index < -0.39 is 6.09 Å². The lowest BCUT2D eigenvalue weighted by molar-refractivity contribution is 0.133. The molecule has 0 aliphatic carbocycles. The van der Waals surface area contributed by atoms with E-state index in [1.807, 2.05) is 66.7 Å². The van der Waals surface area contributed by atoms with Crippen LogP contribution >= 0.6 is 34.8 Å². The lowest BCUT2D eigenvalue weighted by Gasteiger charge is -2.22. The fourth-order valence-corrected chi connectivity index (χ4v) is 5.69. The van der Waals surface area contributed by atoms with E-state index in [-0.39, 0.29) is 84.4 Å². The molecule has 0 saturated heterocycles. The highest BCUT2D eigenvalue weighted by Gasteiger charge is 2.15. The minimum Gasteiger partial charge on any atom is -0.447 e. The van der Waals surface area contributed by atoms with Crippen molar-refractivity contribution in [3.05, 3.63) is 134 Å². The molecule has 4 rings (SSSR count). The quantitative estimate of drug-likeness (QED) is 0.0298. The molecule has 20 heteroatoms. The van der Waals surface area contributed by atoms with Gasteiger partial charge in [0.2, 0.25) is 6.08 Å². The van der Waals surface area contributed by atoms with Crippen LogP contribution in [0.2, 0.25) is 15.1 Å². The molecule has 9 N–H and O–H groups in total. The number of aliphatic hydroxyl groups is 5. The summed E-state index contributed by atoms with van der Waals surface area (Å²) in [5, 5.41) is 55.8. The van der Waals surface area contributed by atoms with Gasteiger partial charge in [-0.15, -0.1) is 0 Å². The van der Waals surface area contributed by atoms with Crippen LogP contribution in [0, 0.1) is 0 Å². The SMILES string of the molecule is CCc1ccc(NC(=O)OCCN(CCO)C(=O)NCc2ccccc2Cl)cc1.O=C(NCc1ccccc1Cl)N(CCO)CCO.O=C=NCc1ccccc1Cl.OCCNCCO. The fourth-order valence-electron chi connectivity index (χ4n) is 5.09. The number of ether oxygens (including phenoxy) is 1. The third-order valence-corrected chi connectivity index (χ3v) is 9.62. The fraction of sp³-hybridized carbons (Fsp3) is 0.378. The Labute approximate surface area is 395 Å². The number of aliphatic imine (C=N–C) groups is 1. The van der Waals surface area contributed by atoms with Gasteiger partial charge in [0.05, 0.1) is 46.1 Å². The molecule has 0 aromatic heterocycles. The standard InChI is InChI=1S/C21H26ClN3O4.C12H17ClN2O3.C8H6ClNO.C4H11NO2/c1-2-16-7-9-18(10-8-16)24-21(28)29-14-12-25(11-13-26)20(27)23-15-17-5-3-4-6-19(17)22;13-11-4-2-1-3-10(11)9-14-12(18)15(5-7-16)6-8-17;9-8-4-2-1-3-7(8)5-10-6-11;6-3-1-5-2-4-7/h3-10,26H,2,11-15H2,1H3,(H,23,27)(H,24,28);1-4,16-17H,5-9H2,(H,14,18);1-4H,5H2;5-7H,1-4H2. The van der Waals surface area contributed by atoms with Crippen molar-refractivity contribution in [3.63, 3.8) is 0 Å². The van der Waals surface area contributed by atoms with Crippen LogP contribution in [-0.4, -0.2) is 138 Å². The zero-order chi connectivity index (χ0) is 48.1. The van der Waals surface area contributed by atoms with Gasteiger partial charge in [0.15, 0.2) is 0 Å². The predicted molar refractivity (Wildman–Crippen MR) is 253 cm³/mol. The zero-order valence-electron chi connectivity index (χ0n) is 36.3. The number of rotatable bonds is 21. The first-order valence-electron chi connectivity index (χ1n) is 20.5. The van der Waals surface area contributed by atoms with Gasteiger partial charge in [0, 0.05) is 66.6 Å². The van der Waals surface area contributed by atoms with E-state index in [0.29, 0.717) is 46.9 Å². The van der Waals surface area contributed by atoms with Crippen LogP contribution < -0.4 is 21.3 Å². The maximum atomic E-state index is 12.3. The molecule has 0 bridgehead atoms. The van der Waals surface area contributed by atoms with Gasteiger partial charge in [-0.2, -0.15) is 0 Å². The van der Waals surface area contributed by atoms with Crippen LogP contribution in [0.5, 0.6) is 0 Å². The monoisotopic (exact) mass is 963 g/mol. The van der Waals surface area contributed by atoms with E-state index in [0.717, 1.165) is 23.1 Å². The van der Waals surface area contributed by atoms with Gasteiger partial charge < -0.3 is 56.0 Å². The molecular formula is C45H60Cl3N7O10. The lowest BCUT2D eigenvalue weighted by Crippen LogP contribution is -2.43. The number of halogens is 3. The van der Waals surface area contributed by atoms with Gasteiger partial charge in [0.25, 0.3) is 0 Å². The van der Waals surface area contributed by atoms with Crippen LogP contribution in [0.3, 0.4) is 0 Å². The summed E-state index contributed by atoms with van der Waals surface area (Å²) in [6.45, 7) is 4.52. The number of aliphatic hydroxyl groups excluding tert-OH is 5. The molecule has 4 aromatic carbocycles. The van der Waals surface area contributed by atoms with Gasteiger partial charge >= 0.3 is 18.2 Å². The predicted octanol–water partition coefficient (Wildman–Crippen LogP) is 5.23. The maximum absolute atomic E-state index is 12.3. The molecule has 17 nitrogen and oxygen atoms in total. The Hall–Kier alpha value is -5.30. The number of hydrogen-bond acceptors (Lipinski definition) is 12. The summed E-state index contributed by atoms with van der Waals surface area (Å²) < 4.78 is 5.14. The molecule has 0 heterocycles. The summed E-state index contributed by atoms with van der Waals surface area (Å²) in [5.74, 6) is 0. The van der Waals surface area contributed by atoms with Gasteiger partial charge in [-0.05, 0) is 59.0 Å². The number of urea groups is 2. The number of amides is 5. The van der Waals surface area contributed by atoms with Crippen molar-refractivity contribution in [3.8, 4) is 0 Å². The largest absolute Gasteiger partial charge is 0.447 e. The molecule has 4 aromatic rings. The number of isocyanates is 1. The first-order chi connectivity index (χ1) is 31.5. The average Bonchev–Trinajstić information content (AvgIpc) is 3.31. The Morgan fingerprint density at radius 2 is 1.05 bits per heavy atom. The topological polar surface area (TPSA) is 246 Å². The van der Waals surface area contributed by atoms with E-state index in [1.54, 1.807) is 30.3 Å². The number of nitrogens with one attached hydrogen (secondary N) is 4. The molecule has 356 valence electrons. The summed E-state index contributed by atoms with van der Waals surface area (Å²) >= 11 is 17.8. The molecule has 0 unspecified atom stereocenters. The molecular weight excluding hydrogens is 905 g/mol. The highest BCUT2D eigenvalue weighted by molar-refractivity contribution is 6.32. The summed E-state index contributed by atoms with van der Waals surface area (Å²) in [5.41, 5.74) is 4.26.